The summed E-state index contributed by atoms with van der Waals surface area (Å²) < 4.78 is 32.9. The van der Waals surface area contributed by atoms with Crippen LogP contribution in [-0.4, -0.2) is 23.2 Å². The molecule has 0 atom stereocenters. The Morgan fingerprint density at radius 3 is 2.80 bits per heavy atom. The van der Waals surface area contributed by atoms with Crippen LogP contribution in [0.25, 0.3) is 0 Å². The van der Waals surface area contributed by atoms with Gasteiger partial charge in [-0.25, -0.2) is 0 Å². The molecule has 1 aromatic rings. The van der Waals surface area contributed by atoms with Crippen LogP contribution in [-0.2, 0) is 15.9 Å². The van der Waals surface area contributed by atoms with E-state index in [0.29, 0.717) is 0 Å². The normalized spacial score (nSPS) is 11.7. The summed E-state index contributed by atoms with van der Waals surface area (Å²) in [7, 11) is -4.04. The van der Waals surface area contributed by atoms with Crippen LogP contribution in [0.2, 0.25) is 0 Å². The van der Waals surface area contributed by atoms with Gasteiger partial charge in [-0.15, -0.1) is 10.2 Å². The lowest BCUT2D eigenvalue weighted by Gasteiger charge is -1.86. The van der Waals surface area contributed by atoms with Crippen LogP contribution >= 0.6 is 0 Å². The van der Waals surface area contributed by atoms with Crippen LogP contribution in [0.4, 0.5) is 0 Å². The lowest BCUT2D eigenvalue weighted by molar-refractivity contribution is 0.462. The SMILES string of the molecule is O=S(=O)(O)Cc1nnco1. The fraction of sp³-hybridized carbons (Fsp3) is 0.333. The summed E-state index contributed by atoms with van der Waals surface area (Å²) in [6, 6.07) is 0. The van der Waals surface area contributed by atoms with Gasteiger partial charge in [-0.3, -0.25) is 4.55 Å². The summed E-state index contributed by atoms with van der Waals surface area (Å²) in [6.07, 6.45) is 0.987. The van der Waals surface area contributed by atoms with E-state index in [9.17, 15) is 8.42 Å². The fourth-order valence-electron chi connectivity index (χ4n) is 0.415. The van der Waals surface area contributed by atoms with Crippen molar-refractivity contribution >= 4 is 10.1 Å². The average Bonchev–Trinajstić information content (AvgIpc) is 2.12. The average molecular weight is 164 g/mol. The van der Waals surface area contributed by atoms with Crippen LogP contribution in [0.5, 0.6) is 0 Å². The van der Waals surface area contributed by atoms with E-state index in [0.717, 1.165) is 6.39 Å². The Hall–Kier alpha value is -0.950. The Balaban J connectivity index is 2.75. The van der Waals surface area contributed by atoms with Crippen molar-refractivity contribution < 1.29 is 17.4 Å². The molecule has 7 heteroatoms. The standard InChI is InChI=1S/C3H4N2O4S/c6-10(7,8)1-3-5-4-2-9-3/h2H,1H2,(H,6,7,8). The third kappa shape index (κ3) is 2.11. The molecular weight excluding hydrogens is 160 g/mol. The Morgan fingerprint density at radius 2 is 2.40 bits per heavy atom. The van der Waals surface area contributed by atoms with Crippen LogP contribution in [0.1, 0.15) is 5.89 Å². The molecular formula is C3H4N2O4S. The maximum Gasteiger partial charge on any atom is 0.273 e. The highest BCUT2D eigenvalue weighted by Crippen LogP contribution is 1.97. The van der Waals surface area contributed by atoms with Crippen LogP contribution < -0.4 is 0 Å². The van der Waals surface area contributed by atoms with Gasteiger partial charge < -0.3 is 4.42 Å². The highest BCUT2D eigenvalue weighted by Gasteiger charge is 2.09. The van der Waals surface area contributed by atoms with Gasteiger partial charge in [-0.2, -0.15) is 8.42 Å². The minimum absolute atomic E-state index is 0.123. The van der Waals surface area contributed by atoms with Crippen molar-refractivity contribution in [1.82, 2.24) is 10.2 Å². The second-order valence-electron chi connectivity index (χ2n) is 1.56. The molecule has 0 aliphatic rings. The molecule has 0 aliphatic carbocycles. The predicted octanol–water partition coefficient (Wildman–Crippen LogP) is -0.543. The van der Waals surface area contributed by atoms with E-state index in [2.05, 4.69) is 14.6 Å². The Kier molecular flexibility index (Phi) is 1.68. The zero-order valence-electron chi connectivity index (χ0n) is 4.76. The van der Waals surface area contributed by atoms with E-state index in [-0.39, 0.29) is 5.89 Å². The highest BCUT2D eigenvalue weighted by atomic mass is 32.2. The summed E-state index contributed by atoms with van der Waals surface area (Å²) in [6.45, 7) is 0. The molecule has 0 unspecified atom stereocenters. The summed E-state index contributed by atoms with van der Waals surface area (Å²) in [5.41, 5.74) is 0. The van der Waals surface area contributed by atoms with Crippen molar-refractivity contribution in [3.8, 4) is 0 Å². The summed E-state index contributed by atoms with van der Waals surface area (Å²) in [5.74, 6) is -0.755. The smallest absolute Gasteiger partial charge is 0.273 e. The molecule has 1 N–H and O–H groups in total. The van der Waals surface area contributed by atoms with Gasteiger partial charge in [0, 0.05) is 0 Å². The molecule has 10 heavy (non-hydrogen) atoms. The summed E-state index contributed by atoms with van der Waals surface area (Å²) in [4.78, 5) is 0. The zero-order chi connectivity index (χ0) is 7.61. The van der Waals surface area contributed by atoms with E-state index >= 15 is 0 Å². The number of hydrogen-bond acceptors (Lipinski definition) is 5. The lowest BCUT2D eigenvalue weighted by atomic mass is 10.8. The predicted molar refractivity (Wildman–Crippen MR) is 29.6 cm³/mol. The number of nitrogens with zero attached hydrogens (tertiary/aromatic N) is 2. The zero-order valence-corrected chi connectivity index (χ0v) is 5.58. The van der Waals surface area contributed by atoms with Crippen molar-refractivity contribution in [2.75, 3.05) is 0 Å². The van der Waals surface area contributed by atoms with Gasteiger partial charge in [0.15, 0.2) is 5.75 Å². The molecule has 6 nitrogen and oxygen atoms in total. The molecule has 1 aromatic heterocycles. The molecule has 0 saturated heterocycles. The van der Waals surface area contributed by atoms with Gasteiger partial charge in [0.2, 0.25) is 12.3 Å². The molecule has 0 amide bonds. The van der Waals surface area contributed by atoms with Crippen molar-refractivity contribution in [3.05, 3.63) is 12.3 Å². The second kappa shape index (κ2) is 2.35. The van der Waals surface area contributed by atoms with Crippen molar-refractivity contribution in [3.63, 3.8) is 0 Å². The largest absolute Gasteiger partial charge is 0.427 e. The molecule has 0 saturated carbocycles. The molecule has 0 fully saturated rings. The first-order valence-electron chi connectivity index (χ1n) is 2.28. The lowest BCUT2D eigenvalue weighted by Crippen LogP contribution is -2.01. The molecule has 1 rings (SSSR count). The maximum atomic E-state index is 10.1. The topological polar surface area (TPSA) is 93.3 Å². The molecule has 0 radical (unpaired) electrons. The fourth-order valence-corrected chi connectivity index (χ4v) is 0.853. The van der Waals surface area contributed by atoms with Crippen LogP contribution in [0.3, 0.4) is 0 Å². The van der Waals surface area contributed by atoms with Gasteiger partial charge in [0.05, 0.1) is 0 Å². The van der Waals surface area contributed by atoms with Gasteiger partial charge in [-0.1, -0.05) is 0 Å². The Bertz CT molecular complexity index is 288. The Morgan fingerprint density at radius 1 is 1.70 bits per heavy atom. The second-order valence-corrected chi connectivity index (χ2v) is 3.01. The molecule has 1 heterocycles. The van der Waals surface area contributed by atoms with E-state index in [1.807, 2.05) is 0 Å². The van der Waals surface area contributed by atoms with E-state index in [4.69, 9.17) is 4.55 Å². The van der Waals surface area contributed by atoms with Gasteiger partial charge >= 0.3 is 0 Å². The van der Waals surface area contributed by atoms with Crippen molar-refractivity contribution in [1.29, 1.82) is 0 Å². The minimum atomic E-state index is -4.04. The molecule has 0 bridgehead atoms. The molecule has 0 aromatic carbocycles. The summed E-state index contributed by atoms with van der Waals surface area (Å²) >= 11 is 0. The third-order valence-electron chi connectivity index (χ3n) is 0.711. The summed E-state index contributed by atoms with van der Waals surface area (Å²) in [5, 5.41) is 6.46. The quantitative estimate of drug-likeness (QED) is 0.590. The van der Waals surface area contributed by atoms with Gasteiger partial charge in [0.25, 0.3) is 10.1 Å². The number of rotatable bonds is 2. The first-order chi connectivity index (χ1) is 4.58. The van der Waals surface area contributed by atoms with Crippen molar-refractivity contribution in [2.24, 2.45) is 0 Å². The van der Waals surface area contributed by atoms with E-state index in [1.54, 1.807) is 0 Å². The van der Waals surface area contributed by atoms with Gasteiger partial charge in [0.1, 0.15) is 0 Å². The monoisotopic (exact) mass is 164 g/mol. The third-order valence-corrected chi connectivity index (χ3v) is 1.32. The van der Waals surface area contributed by atoms with Crippen molar-refractivity contribution in [2.45, 2.75) is 5.75 Å². The first-order valence-corrected chi connectivity index (χ1v) is 3.89. The number of hydrogen-bond donors (Lipinski definition) is 1. The van der Waals surface area contributed by atoms with Gasteiger partial charge in [-0.05, 0) is 0 Å². The van der Waals surface area contributed by atoms with Crippen LogP contribution in [0.15, 0.2) is 10.8 Å². The molecule has 0 spiro atoms. The molecule has 56 valence electrons. The van der Waals surface area contributed by atoms with E-state index in [1.165, 1.54) is 0 Å². The van der Waals surface area contributed by atoms with E-state index < -0.39 is 15.9 Å². The highest BCUT2D eigenvalue weighted by molar-refractivity contribution is 7.84. The number of aromatic nitrogens is 2. The molecule has 0 aliphatic heterocycles. The first kappa shape index (κ1) is 7.16. The minimum Gasteiger partial charge on any atom is -0.427 e. The van der Waals surface area contributed by atoms with Crippen LogP contribution in [0, 0.1) is 0 Å². The maximum absolute atomic E-state index is 10.1. The Labute approximate surface area is 56.6 Å².